The van der Waals surface area contributed by atoms with E-state index in [4.69, 9.17) is 15.3 Å². The lowest BCUT2D eigenvalue weighted by molar-refractivity contribution is -0.156. The molecule has 0 aliphatic carbocycles. The predicted octanol–water partition coefficient (Wildman–Crippen LogP) is 7.85. The summed E-state index contributed by atoms with van der Waals surface area (Å²) in [5, 5.41) is 42.9. The number of unbranched alkanes of at least 4 members (excludes halogenated alkanes) is 22. The molecule has 1 unspecified atom stereocenters. The van der Waals surface area contributed by atoms with Crippen LogP contribution in [0.15, 0.2) is 0 Å². The van der Waals surface area contributed by atoms with Gasteiger partial charge in [-0.15, -0.1) is 0 Å². The summed E-state index contributed by atoms with van der Waals surface area (Å²) in [6.07, 6.45) is 26.0. The number of carbonyl (C=O) groups is 2. The first kappa shape index (κ1) is 50.8. The Balaban J connectivity index is 0. The number of hydrogen-bond acceptors (Lipinski definition) is 8. The maximum atomic E-state index is 12.4. The molecule has 300 valence electrons. The highest BCUT2D eigenvalue weighted by atomic mass is 32.2. The molecule has 0 rings (SSSR count). The molecule has 0 aliphatic heterocycles. The molecule has 12 heteroatoms. The van der Waals surface area contributed by atoms with Gasteiger partial charge in [-0.2, -0.15) is 8.42 Å². The van der Waals surface area contributed by atoms with E-state index >= 15 is 0 Å². The number of carboxylic acid groups (broad SMARTS) is 2. The largest absolute Gasteiger partial charge is 0.481 e. The van der Waals surface area contributed by atoms with Gasteiger partial charge in [-0.3, -0.25) is 19.0 Å². The second-order valence-electron chi connectivity index (χ2n) is 14.0. The molecule has 0 aromatic carbocycles. The molecular weight excluding hydrogens is 662 g/mol. The van der Waals surface area contributed by atoms with Crippen LogP contribution in [0.4, 0.5) is 0 Å². The van der Waals surface area contributed by atoms with Crippen LogP contribution in [0.2, 0.25) is 0 Å². The number of rotatable bonds is 36. The molecular formula is C38H77NO10S. The summed E-state index contributed by atoms with van der Waals surface area (Å²) in [7, 11) is -5.08. The summed E-state index contributed by atoms with van der Waals surface area (Å²) >= 11 is 0. The lowest BCUT2D eigenvalue weighted by Gasteiger charge is -2.33. The lowest BCUT2D eigenvalue weighted by Crippen LogP contribution is -2.51. The van der Waals surface area contributed by atoms with Gasteiger partial charge in [0.15, 0.2) is 5.25 Å². The van der Waals surface area contributed by atoms with Crippen molar-refractivity contribution in [3.63, 3.8) is 0 Å². The first-order valence-corrected chi connectivity index (χ1v) is 21.5. The van der Waals surface area contributed by atoms with Gasteiger partial charge in [0.25, 0.3) is 10.1 Å². The number of hydrogen-bond donors (Lipinski definition) is 6. The van der Waals surface area contributed by atoms with Gasteiger partial charge in [-0.05, 0) is 12.8 Å². The molecule has 0 aromatic rings. The van der Waals surface area contributed by atoms with Crippen molar-refractivity contribution in [1.82, 2.24) is 4.90 Å². The fraction of sp³-hybridized carbons (Fsp3) is 0.947. The van der Waals surface area contributed by atoms with Crippen molar-refractivity contribution in [2.45, 2.75) is 186 Å². The Kier molecular flexibility index (Phi) is 35.3. The molecule has 0 saturated heterocycles. The minimum absolute atomic E-state index is 0.0610. The second-order valence-corrected chi connectivity index (χ2v) is 15.5. The van der Waals surface area contributed by atoms with Crippen molar-refractivity contribution in [2.75, 3.05) is 39.5 Å². The van der Waals surface area contributed by atoms with Crippen molar-refractivity contribution in [3.8, 4) is 0 Å². The Labute approximate surface area is 305 Å². The summed E-state index contributed by atoms with van der Waals surface area (Å²) in [6, 6.07) is 0. The van der Waals surface area contributed by atoms with Crippen LogP contribution in [-0.2, 0) is 19.7 Å². The van der Waals surface area contributed by atoms with E-state index in [9.17, 15) is 32.8 Å². The van der Waals surface area contributed by atoms with E-state index in [0.29, 0.717) is 32.5 Å². The fourth-order valence-corrected chi connectivity index (χ4v) is 7.85. The molecule has 0 saturated carbocycles. The van der Waals surface area contributed by atoms with E-state index in [0.717, 1.165) is 51.4 Å². The van der Waals surface area contributed by atoms with Gasteiger partial charge in [-0.25, -0.2) is 0 Å². The van der Waals surface area contributed by atoms with Crippen LogP contribution < -0.4 is 0 Å². The molecule has 1 atom stereocenters. The van der Waals surface area contributed by atoms with Crippen LogP contribution in [-0.4, -0.2) is 100 Å². The molecule has 50 heavy (non-hydrogen) atoms. The topological polar surface area (TPSA) is 193 Å². The molecule has 0 heterocycles. The second kappa shape index (κ2) is 34.8. The third-order valence-electron chi connectivity index (χ3n) is 9.65. The SMILES string of the molecule is CCCCCCCCCCCCCCC(CCCCCCCCCCCCCC)(C(=O)O)C(C(=O)O)S(=O)(=O)O.OCCN(CCO)CCO. The zero-order valence-electron chi connectivity index (χ0n) is 31.9. The van der Waals surface area contributed by atoms with Crippen LogP contribution in [0.25, 0.3) is 0 Å². The Bertz CT molecular complexity index is 845. The molecule has 0 aliphatic rings. The van der Waals surface area contributed by atoms with Gasteiger partial charge in [0.1, 0.15) is 0 Å². The van der Waals surface area contributed by atoms with E-state index in [1.54, 1.807) is 4.90 Å². The number of aliphatic carboxylic acids is 2. The minimum Gasteiger partial charge on any atom is -0.481 e. The molecule has 6 N–H and O–H groups in total. The summed E-state index contributed by atoms with van der Waals surface area (Å²) in [6.45, 7) is 6.18. The minimum atomic E-state index is -5.08. The van der Waals surface area contributed by atoms with E-state index in [1.807, 2.05) is 0 Å². The highest BCUT2D eigenvalue weighted by Crippen LogP contribution is 2.39. The number of aliphatic hydroxyl groups is 3. The maximum Gasteiger partial charge on any atom is 0.325 e. The van der Waals surface area contributed by atoms with Crippen LogP contribution in [0.3, 0.4) is 0 Å². The zero-order chi connectivity index (χ0) is 37.9. The van der Waals surface area contributed by atoms with Crippen LogP contribution in [0.5, 0.6) is 0 Å². The molecule has 0 aromatic heterocycles. The number of aliphatic hydroxyl groups excluding tert-OH is 3. The first-order chi connectivity index (χ1) is 24.0. The van der Waals surface area contributed by atoms with Crippen molar-refractivity contribution < 1.29 is 48.1 Å². The Morgan fingerprint density at radius 2 is 0.780 bits per heavy atom. The van der Waals surface area contributed by atoms with Gasteiger partial charge < -0.3 is 25.5 Å². The van der Waals surface area contributed by atoms with Crippen LogP contribution in [0.1, 0.15) is 181 Å². The molecule has 0 bridgehead atoms. The third-order valence-corrected chi connectivity index (χ3v) is 10.9. The highest BCUT2D eigenvalue weighted by Gasteiger charge is 2.55. The molecule has 0 amide bonds. The van der Waals surface area contributed by atoms with Crippen molar-refractivity contribution in [1.29, 1.82) is 0 Å². The smallest absolute Gasteiger partial charge is 0.325 e. The first-order valence-electron chi connectivity index (χ1n) is 20.0. The van der Waals surface area contributed by atoms with Gasteiger partial charge in [-0.1, -0.05) is 168 Å². The molecule has 0 spiro atoms. The third kappa shape index (κ3) is 27.4. The van der Waals surface area contributed by atoms with Crippen molar-refractivity contribution in [3.05, 3.63) is 0 Å². The summed E-state index contributed by atoms with van der Waals surface area (Å²) in [5.41, 5.74) is -2.02. The molecule has 11 nitrogen and oxygen atoms in total. The highest BCUT2D eigenvalue weighted by molar-refractivity contribution is 7.87. The van der Waals surface area contributed by atoms with E-state index in [2.05, 4.69) is 13.8 Å². The quantitative estimate of drug-likeness (QED) is 0.0271. The van der Waals surface area contributed by atoms with Crippen molar-refractivity contribution >= 4 is 22.1 Å². The standard InChI is InChI=1S/C32H62O7S.C6H15NO3/c1-3-5-7-9-11-13-15-17-19-21-23-25-27-32(31(35)36,29(30(33)34)40(37,38)39)28-26-24-22-20-18-16-14-12-10-8-6-4-2;8-4-1-7(2-5-9)3-6-10/h29H,3-28H2,1-2H3,(H,33,34)(H,35,36)(H,37,38,39);8-10H,1-6H2. The Morgan fingerprint density at radius 3 is 0.980 bits per heavy atom. The zero-order valence-corrected chi connectivity index (χ0v) is 32.7. The van der Waals surface area contributed by atoms with Crippen LogP contribution in [0, 0.1) is 5.41 Å². The van der Waals surface area contributed by atoms with Gasteiger partial charge in [0, 0.05) is 19.6 Å². The van der Waals surface area contributed by atoms with Gasteiger partial charge in [0.05, 0.1) is 25.2 Å². The monoisotopic (exact) mass is 740 g/mol. The number of nitrogens with zero attached hydrogens (tertiary/aromatic N) is 1. The van der Waals surface area contributed by atoms with E-state index < -0.39 is 32.7 Å². The normalized spacial score (nSPS) is 12.5. The average Bonchev–Trinajstić information content (AvgIpc) is 3.05. The van der Waals surface area contributed by atoms with Gasteiger partial charge >= 0.3 is 11.9 Å². The van der Waals surface area contributed by atoms with Gasteiger partial charge in [0.2, 0.25) is 0 Å². The maximum absolute atomic E-state index is 12.4. The predicted molar refractivity (Wildman–Crippen MR) is 202 cm³/mol. The lowest BCUT2D eigenvalue weighted by atomic mass is 9.74. The molecule has 0 radical (unpaired) electrons. The Hall–Kier alpha value is -1.31. The average molecular weight is 740 g/mol. The van der Waals surface area contributed by atoms with Crippen molar-refractivity contribution in [2.24, 2.45) is 5.41 Å². The Morgan fingerprint density at radius 1 is 0.520 bits per heavy atom. The summed E-state index contributed by atoms with van der Waals surface area (Å²) in [5.74, 6) is -3.23. The van der Waals surface area contributed by atoms with E-state index in [1.165, 1.54) is 89.9 Å². The molecule has 0 fully saturated rings. The summed E-state index contributed by atoms with van der Waals surface area (Å²) < 4.78 is 33.9. The number of carboxylic acids is 2. The fourth-order valence-electron chi connectivity index (χ4n) is 6.68. The summed E-state index contributed by atoms with van der Waals surface area (Å²) in [4.78, 5) is 26.2. The van der Waals surface area contributed by atoms with Crippen LogP contribution >= 0.6 is 0 Å². The van der Waals surface area contributed by atoms with E-state index in [-0.39, 0.29) is 32.7 Å².